The van der Waals surface area contributed by atoms with Crippen molar-refractivity contribution in [1.29, 1.82) is 0 Å². The first-order valence-electron chi connectivity index (χ1n) is 11.3. The molecule has 5 nitrogen and oxygen atoms in total. The molecule has 0 spiro atoms. The lowest BCUT2D eigenvalue weighted by Gasteiger charge is -2.21. The van der Waals surface area contributed by atoms with Crippen LogP contribution >= 0.6 is 0 Å². The summed E-state index contributed by atoms with van der Waals surface area (Å²) in [6.45, 7) is 6.67. The number of nitrogens with one attached hydrogen (secondary N) is 2. The Hall–Kier alpha value is -2.53. The maximum atomic E-state index is 4.47. The SMILES string of the molecule is CN=C(NCC1CCN(CCc2ccccc2)C1)NC1CCN(c2ccccc2)C1. The highest BCUT2D eigenvalue weighted by atomic mass is 15.2. The summed E-state index contributed by atoms with van der Waals surface area (Å²) in [5, 5.41) is 7.21. The van der Waals surface area contributed by atoms with E-state index in [4.69, 9.17) is 0 Å². The molecule has 4 rings (SSSR count). The van der Waals surface area contributed by atoms with Crippen molar-refractivity contribution in [1.82, 2.24) is 15.5 Å². The number of nitrogens with zero attached hydrogens (tertiary/aromatic N) is 3. The molecule has 30 heavy (non-hydrogen) atoms. The third kappa shape index (κ3) is 5.76. The fourth-order valence-electron chi connectivity index (χ4n) is 4.59. The standard InChI is InChI=1S/C25H35N5/c1-26-25(28-23-14-17-30(20-23)24-10-6-3-7-11-24)27-18-22-13-16-29(19-22)15-12-21-8-4-2-5-9-21/h2-11,22-23H,12-20H2,1H3,(H2,26,27,28). The summed E-state index contributed by atoms with van der Waals surface area (Å²) in [4.78, 5) is 9.52. The van der Waals surface area contributed by atoms with Gasteiger partial charge in [0.05, 0.1) is 0 Å². The molecule has 2 aliphatic rings. The van der Waals surface area contributed by atoms with Crippen molar-refractivity contribution in [2.75, 3.05) is 51.2 Å². The predicted octanol–water partition coefficient (Wildman–Crippen LogP) is 2.99. The molecule has 0 aliphatic carbocycles. The summed E-state index contributed by atoms with van der Waals surface area (Å²) >= 11 is 0. The second-order valence-electron chi connectivity index (χ2n) is 8.56. The summed E-state index contributed by atoms with van der Waals surface area (Å²) in [5.41, 5.74) is 2.75. The molecule has 2 fully saturated rings. The molecule has 2 aromatic carbocycles. The molecular formula is C25H35N5. The van der Waals surface area contributed by atoms with Crippen LogP contribution in [0.5, 0.6) is 0 Å². The quantitative estimate of drug-likeness (QED) is 0.549. The van der Waals surface area contributed by atoms with E-state index in [0.717, 1.165) is 45.0 Å². The van der Waals surface area contributed by atoms with Crippen LogP contribution in [-0.4, -0.2) is 63.2 Å². The van der Waals surface area contributed by atoms with E-state index in [0.29, 0.717) is 12.0 Å². The molecular weight excluding hydrogens is 370 g/mol. The Labute approximate surface area is 181 Å². The van der Waals surface area contributed by atoms with Crippen LogP contribution in [-0.2, 0) is 6.42 Å². The zero-order valence-corrected chi connectivity index (χ0v) is 18.1. The first kappa shape index (κ1) is 20.7. The number of anilines is 1. The Morgan fingerprint density at radius 2 is 1.73 bits per heavy atom. The van der Waals surface area contributed by atoms with Gasteiger partial charge in [0.15, 0.2) is 5.96 Å². The molecule has 5 heteroatoms. The first-order chi connectivity index (χ1) is 14.8. The molecule has 0 bridgehead atoms. The molecule has 2 heterocycles. The summed E-state index contributed by atoms with van der Waals surface area (Å²) < 4.78 is 0. The van der Waals surface area contributed by atoms with E-state index in [1.165, 1.54) is 30.8 Å². The van der Waals surface area contributed by atoms with Crippen LogP contribution < -0.4 is 15.5 Å². The molecule has 0 amide bonds. The number of hydrogen-bond donors (Lipinski definition) is 2. The van der Waals surface area contributed by atoms with Gasteiger partial charge in [-0.15, -0.1) is 0 Å². The van der Waals surface area contributed by atoms with E-state index >= 15 is 0 Å². The lowest BCUT2D eigenvalue weighted by Crippen LogP contribution is -2.46. The summed E-state index contributed by atoms with van der Waals surface area (Å²) in [6.07, 6.45) is 3.56. The van der Waals surface area contributed by atoms with Crippen LogP contribution in [0.1, 0.15) is 18.4 Å². The number of rotatable bonds is 7. The zero-order chi connectivity index (χ0) is 20.6. The predicted molar refractivity (Wildman–Crippen MR) is 126 cm³/mol. The molecule has 0 aromatic heterocycles. The first-order valence-corrected chi connectivity index (χ1v) is 11.3. The van der Waals surface area contributed by atoms with Gasteiger partial charge in [-0.1, -0.05) is 48.5 Å². The Bertz CT molecular complexity index is 792. The van der Waals surface area contributed by atoms with E-state index in [1.54, 1.807) is 0 Å². The van der Waals surface area contributed by atoms with Gasteiger partial charge in [0, 0.05) is 51.5 Å². The molecule has 2 aliphatic heterocycles. The number of hydrogen-bond acceptors (Lipinski definition) is 3. The molecule has 2 unspecified atom stereocenters. The van der Waals surface area contributed by atoms with Gasteiger partial charge in [-0.05, 0) is 49.4 Å². The van der Waals surface area contributed by atoms with Crippen LogP contribution in [0.25, 0.3) is 0 Å². The minimum Gasteiger partial charge on any atom is -0.369 e. The van der Waals surface area contributed by atoms with Gasteiger partial charge in [-0.3, -0.25) is 4.99 Å². The maximum Gasteiger partial charge on any atom is 0.191 e. The van der Waals surface area contributed by atoms with Gasteiger partial charge >= 0.3 is 0 Å². The Kier molecular flexibility index (Phi) is 7.25. The zero-order valence-electron chi connectivity index (χ0n) is 18.1. The molecule has 2 saturated heterocycles. The van der Waals surface area contributed by atoms with Crippen molar-refractivity contribution >= 4 is 11.6 Å². The average Bonchev–Trinajstić information content (AvgIpc) is 3.46. The van der Waals surface area contributed by atoms with E-state index < -0.39 is 0 Å². The van der Waals surface area contributed by atoms with Crippen LogP contribution in [0.3, 0.4) is 0 Å². The lowest BCUT2D eigenvalue weighted by molar-refractivity contribution is 0.328. The number of guanidine groups is 1. The van der Waals surface area contributed by atoms with Crippen molar-refractivity contribution in [3.05, 3.63) is 66.2 Å². The Morgan fingerprint density at radius 3 is 2.50 bits per heavy atom. The van der Waals surface area contributed by atoms with Crippen molar-refractivity contribution in [3.63, 3.8) is 0 Å². The van der Waals surface area contributed by atoms with Crippen LogP contribution in [0.2, 0.25) is 0 Å². The third-order valence-electron chi connectivity index (χ3n) is 6.36. The van der Waals surface area contributed by atoms with E-state index in [9.17, 15) is 0 Å². The van der Waals surface area contributed by atoms with Gasteiger partial charge in [0.25, 0.3) is 0 Å². The molecule has 2 atom stereocenters. The van der Waals surface area contributed by atoms with Crippen LogP contribution in [0.15, 0.2) is 65.7 Å². The van der Waals surface area contributed by atoms with Crippen molar-refractivity contribution in [3.8, 4) is 0 Å². The number of aliphatic imine (C=N–C) groups is 1. The van der Waals surface area contributed by atoms with E-state index in [-0.39, 0.29) is 0 Å². The van der Waals surface area contributed by atoms with E-state index in [1.807, 2.05) is 7.05 Å². The van der Waals surface area contributed by atoms with Crippen LogP contribution in [0, 0.1) is 5.92 Å². The van der Waals surface area contributed by atoms with Crippen molar-refractivity contribution < 1.29 is 0 Å². The molecule has 160 valence electrons. The summed E-state index contributed by atoms with van der Waals surface area (Å²) in [5.74, 6) is 1.64. The van der Waals surface area contributed by atoms with Gasteiger partial charge in [-0.2, -0.15) is 0 Å². The van der Waals surface area contributed by atoms with Crippen molar-refractivity contribution in [2.45, 2.75) is 25.3 Å². The van der Waals surface area contributed by atoms with Crippen LogP contribution in [0.4, 0.5) is 5.69 Å². The Balaban J connectivity index is 1.16. The highest BCUT2D eigenvalue weighted by Gasteiger charge is 2.25. The molecule has 2 aromatic rings. The fourth-order valence-corrected chi connectivity index (χ4v) is 4.59. The third-order valence-corrected chi connectivity index (χ3v) is 6.36. The lowest BCUT2D eigenvalue weighted by atomic mass is 10.1. The number of para-hydroxylation sites is 1. The highest BCUT2D eigenvalue weighted by molar-refractivity contribution is 5.80. The molecule has 2 N–H and O–H groups in total. The average molecular weight is 406 g/mol. The minimum absolute atomic E-state index is 0.447. The smallest absolute Gasteiger partial charge is 0.191 e. The summed E-state index contributed by atoms with van der Waals surface area (Å²) in [6, 6.07) is 21.9. The van der Waals surface area contributed by atoms with Gasteiger partial charge in [-0.25, -0.2) is 0 Å². The van der Waals surface area contributed by atoms with Crippen molar-refractivity contribution in [2.24, 2.45) is 10.9 Å². The number of likely N-dealkylation sites (tertiary alicyclic amines) is 1. The maximum absolute atomic E-state index is 4.47. The number of benzene rings is 2. The second-order valence-corrected chi connectivity index (χ2v) is 8.56. The van der Waals surface area contributed by atoms with Gasteiger partial charge < -0.3 is 20.4 Å². The normalized spacial score (nSPS) is 22.4. The minimum atomic E-state index is 0.447. The highest BCUT2D eigenvalue weighted by Crippen LogP contribution is 2.20. The largest absolute Gasteiger partial charge is 0.369 e. The van der Waals surface area contributed by atoms with Gasteiger partial charge in [0.2, 0.25) is 0 Å². The second kappa shape index (κ2) is 10.5. The molecule has 0 radical (unpaired) electrons. The Morgan fingerprint density at radius 1 is 0.967 bits per heavy atom. The topological polar surface area (TPSA) is 42.9 Å². The molecule has 0 saturated carbocycles. The van der Waals surface area contributed by atoms with Gasteiger partial charge in [0.1, 0.15) is 0 Å². The summed E-state index contributed by atoms with van der Waals surface area (Å²) in [7, 11) is 1.88. The fraction of sp³-hybridized carbons (Fsp3) is 0.480. The monoisotopic (exact) mass is 405 g/mol. The van der Waals surface area contributed by atoms with E-state index in [2.05, 4.69) is 86.1 Å².